The third kappa shape index (κ3) is 3.59. The van der Waals surface area contributed by atoms with Crippen LogP contribution in [0, 0.1) is 0 Å². The van der Waals surface area contributed by atoms with Crippen LogP contribution in [0.3, 0.4) is 0 Å². The minimum atomic E-state index is 0.216. The third-order valence-electron chi connectivity index (χ3n) is 4.19. The molecule has 2 rings (SSSR count). The van der Waals surface area contributed by atoms with Crippen molar-refractivity contribution in [3.63, 3.8) is 0 Å². The normalized spacial score (nSPS) is 22.9. The third-order valence-corrected chi connectivity index (χ3v) is 5.20. The van der Waals surface area contributed by atoms with Crippen LogP contribution in [-0.4, -0.2) is 43.4 Å². The summed E-state index contributed by atoms with van der Waals surface area (Å²) in [4.78, 5) is 14.5. The number of hydrogen-bond donors (Lipinski definition) is 0. The van der Waals surface area contributed by atoms with Crippen LogP contribution < -0.4 is 0 Å². The average molecular weight is 310 g/mol. The zero-order valence-electron chi connectivity index (χ0n) is 13.7. The average Bonchev–Trinajstić information content (AvgIpc) is 2.77. The van der Waals surface area contributed by atoms with Crippen molar-refractivity contribution >= 4 is 17.7 Å². The first kappa shape index (κ1) is 16.3. The smallest absolute Gasteiger partial charge is 0.233 e. The van der Waals surface area contributed by atoms with Gasteiger partial charge < -0.3 is 9.47 Å². The van der Waals surface area contributed by atoms with Gasteiger partial charge in [-0.15, -0.1) is 10.2 Å². The minimum absolute atomic E-state index is 0.216. The van der Waals surface area contributed by atoms with Crippen molar-refractivity contribution in [3.8, 4) is 0 Å². The Kier molecular flexibility index (Phi) is 5.30. The van der Waals surface area contributed by atoms with Gasteiger partial charge in [0, 0.05) is 25.0 Å². The molecule has 118 valence electrons. The van der Waals surface area contributed by atoms with E-state index in [9.17, 15) is 4.79 Å². The summed E-state index contributed by atoms with van der Waals surface area (Å²) in [7, 11) is 1.97. The van der Waals surface area contributed by atoms with Gasteiger partial charge in [-0.3, -0.25) is 4.79 Å². The second kappa shape index (κ2) is 6.81. The van der Waals surface area contributed by atoms with Crippen LogP contribution >= 0.6 is 11.8 Å². The molecule has 1 saturated heterocycles. The number of hydrogen-bond acceptors (Lipinski definition) is 4. The molecule has 2 heterocycles. The highest BCUT2D eigenvalue weighted by molar-refractivity contribution is 7.99. The standard InChI is InChI=1S/C15H26N4OS/c1-10(2)14-16-17-15(18(14)5)21-9-13(20)19-11(3)7-6-8-12(19)4/h10-12H,6-9H2,1-5H3/t11-,12+. The number of carbonyl (C=O) groups excluding carboxylic acids is 1. The molecule has 21 heavy (non-hydrogen) atoms. The molecule has 1 aliphatic heterocycles. The van der Waals surface area contributed by atoms with E-state index in [0.717, 1.165) is 23.8 Å². The zero-order valence-corrected chi connectivity index (χ0v) is 14.5. The monoisotopic (exact) mass is 310 g/mol. The lowest BCUT2D eigenvalue weighted by atomic mass is 9.98. The van der Waals surface area contributed by atoms with E-state index in [1.54, 1.807) is 0 Å². The molecule has 1 fully saturated rings. The Morgan fingerprint density at radius 2 is 1.90 bits per heavy atom. The van der Waals surface area contributed by atoms with Crippen LogP contribution in [0.2, 0.25) is 0 Å². The van der Waals surface area contributed by atoms with Crippen molar-refractivity contribution in [2.24, 2.45) is 7.05 Å². The summed E-state index contributed by atoms with van der Waals surface area (Å²) < 4.78 is 1.99. The van der Waals surface area contributed by atoms with E-state index in [0.29, 0.717) is 23.8 Å². The predicted octanol–water partition coefficient (Wildman–Crippen LogP) is 2.82. The topological polar surface area (TPSA) is 51.0 Å². The molecule has 1 aromatic rings. The molecule has 6 heteroatoms. The Hall–Kier alpha value is -1.04. The number of piperidine rings is 1. The molecular weight excluding hydrogens is 284 g/mol. The van der Waals surface area contributed by atoms with Crippen molar-refractivity contribution in [2.75, 3.05) is 5.75 Å². The molecule has 1 aromatic heterocycles. The molecule has 0 saturated carbocycles. The Bertz CT molecular complexity index is 490. The van der Waals surface area contributed by atoms with Crippen LogP contribution in [0.4, 0.5) is 0 Å². The first-order chi connectivity index (χ1) is 9.91. The van der Waals surface area contributed by atoms with Gasteiger partial charge in [-0.2, -0.15) is 0 Å². The summed E-state index contributed by atoms with van der Waals surface area (Å²) in [6.07, 6.45) is 3.45. The summed E-state index contributed by atoms with van der Waals surface area (Å²) in [6, 6.07) is 0.708. The van der Waals surface area contributed by atoms with Crippen molar-refractivity contribution in [3.05, 3.63) is 5.82 Å². The van der Waals surface area contributed by atoms with Crippen molar-refractivity contribution < 1.29 is 4.79 Å². The lowest BCUT2D eigenvalue weighted by molar-refractivity contribution is -0.134. The van der Waals surface area contributed by atoms with E-state index >= 15 is 0 Å². The maximum atomic E-state index is 12.5. The Morgan fingerprint density at radius 3 is 2.43 bits per heavy atom. The fourth-order valence-corrected chi connectivity index (χ4v) is 3.86. The van der Waals surface area contributed by atoms with Crippen molar-refractivity contribution in [2.45, 2.75) is 70.1 Å². The largest absolute Gasteiger partial charge is 0.337 e. The fourth-order valence-electron chi connectivity index (χ4n) is 3.07. The molecule has 0 N–H and O–H groups in total. The van der Waals surface area contributed by atoms with E-state index in [1.165, 1.54) is 18.2 Å². The molecule has 0 unspecified atom stereocenters. The molecule has 1 amide bonds. The maximum absolute atomic E-state index is 12.5. The van der Waals surface area contributed by atoms with Crippen LogP contribution in [0.5, 0.6) is 0 Å². The summed E-state index contributed by atoms with van der Waals surface area (Å²) in [5, 5.41) is 9.22. The first-order valence-electron chi connectivity index (χ1n) is 7.75. The minimum Gasteiger partial charge on any atom is -0.337 e. The molecule has 0 spiro atoms. The fraction of sp³-hybridized carbons (Fsp3) is 0.800. The lowest BCUT2D eigenvalue weighted by Gasteiger charge is -2.39. The van der Waals surface area contributed by atoms with Crippen LogP contribution in [0.25, 0.3) is 0 Å². The van der Waals surface area contributed by atoms with Gasteiger partial charge in [0.15, 0.2) is 5.16 Å². The summed E-state index contributed by atoms with van der Waals surface area (Å²) in [6.45, 7) is 8.50. The zero-order chi connectivity index (χ0) is 15.6. The van der Waals surface area contributed by atoms with Crippen LogP contribution in [-0.2, 0) is 11.8 Å². The SMILES string of the molecule is CC(C)c1nnc(SCC(=O)N2[C@H](C)CCC[C@@H]2C)n1C. The molecule has 2 atom stereocenters. The molecule has 0 aromatic carbocycles. The Balaban J connectivity index is 1.98. The number of nitrogens with zero attached hydrogens (tertiary/aromatic N) is 4. The van der Waals surface area contributed by atoms with E-state index in [1.807, 2.05) is 11.6 Å². The predicted molar refractivity (Wildman–Crippen MR) is 85.4 cm³/mol. The second-order valence-corrected chi connectivity index (χ2v) is 7.22. The number of carbonyl (C=O) groups is 1. The number of thioether (sulfide) groups is 1. The Labute approximate surface area is 131 Å². The summed E-state index contributed by atoms with van der Waals surface area (Å²) in [5.41, 5.74) is 0. The van der Waals surface area contributed by atoms with Crippen molar-refractivity contribution in [1.29, 1.82) is 0 Å². The molecule has 0 bridgehead atoms. The van der Waals surface area contributed by atoms with E-state index in [4.69, 9.17) is 0 Å². The van der Waals surface area contributed by atoms with Crippen LogP contribution in [0.15, 0.2) is 5.16 Å². The van der Waals surface area contributed by atoms with E-state index in [-0.39, 0.29) is 5.91 Å². The highest BCUT2D eigenvalue weighted by atomic mass is 32.2. The molecule has 1 aliphatic rings. The maximum Gasteiger partial charge on any atom is 0.233 e. The van der Waals surface area contributed by atoms with Gasteiger partial charge >= 0.3 is 0 Å². The van der Waals surface area contributed by atoms with Gasteiger partial charge in [0.1, 0.15) is 5.82 Å². The Morgan fingerprint density at radius 1 is 1.29 bits per heavy atom. The molecular formula is C15H26N4OS. The number of likely N-dealkylation sites (tertiary alicyclic amines) is 1. The lowest BCUT2D eigenvalue weighted by Crippen LogP contribution is -2.48. The summed E-state index contributed by atoms with van der Waals surface area (Å²) >= 11 is 1.49. The molecule has 0 radical (unpaired) electrons. The highest BCUT2D eigenvalue weighted by Gasteiger charge is 2.29. The first-order valence-corrected chi connectivity index (χ1v) is 8.73. The van der Waals surface area contributed by atoms with Gasteiger partial charge in [-0.1, -0.05) is 25.6 Å². The molecule has 5 nitrogen and oxygen atoms in total. The van der Waals surface area contributed by atoms with E-state index in [2.05, 4.69) is 42.8 Å². The number of amides is 1. The van der Waals surface area contributed by atoms with Gasteiger partial charge in [0.25, 0.3) is 0 Å². The van der Waals surface area contributed by atoms with Crippen LogP contribution in [0.1, 0.15) is 58.7 Å². The van der Waals surface area contributed by atoms with Crippen molar-refractivity contribution in [1.82, 2.24) is 19.7 Å². The number of rotatable bonds is 4. The van der Waals surface area contributed by atoms with Gasteiger partial charge in [-0.05, 0) is 33.1 Å². The van der Waals surface area contributed by atoms with Gasteiger partial charge in [0.2, 0.25) is 5.91 Å². The van der Waals surface area contributed by atoms with E-state index < -0.39 is 0 Å². The quantitative estimate of drug-likeness (QED) is 0.803. The second-order valence-electron chi connectivity index (χ2n) is 6.27. The van der Waals surface area contributed by atoms with Gasteiger partial charge in [0.05, 0.1) is 5.75 Å². The molecule has 0 aliphatic carbocycles. The van der Waals surface area contributed by atoms with Gasteiger partial charge in [-0.25, -0.2) is 0 Å². The highest BCUT2D eigenvalue weighted by Crippen LogP contribution is 2.25. The number of aromatic nitrogens is 3. The summed E-state index contributed by atoms with van der Waals surface area (Å²) in [5.74, 6) is 1.96.